The summed E-state index contributed by atoms with van der Waals surface area (Å²) in [5, 5.41) is 21.8. The fourth-order valence-electron chi connectivity index (χ4n) is 3.14. The normalized spacial score (nSPS) is 34.6. The Morgan fingerprint density at radius 1 is 1.20 bits per heavy atom. The molecule has 0 spiro atoms. The van der Waals surface area contributed by atoms with Gasteiger partial charge in [0.25, 0.3) is 0 Å². The summed E-state index contributed by atoms with van der Waals surface area (Å²) in [5.41, 5.74) is -1.10. The standard InChI is InChI=1S/C14H24N2O4/c1-14(12(18)19)8-2-3-9-16(14)13(20)15-10-4-6-11(17)7-5-10/h10-11,17H,2-9H2,1H3,(H,15,20)(H,18,19). The summed E-state index contributed by atoms with van der Waals surface area (Å²) < 4.78 is 0. The SMILES string of the molecule is CC1(C(=O)O)CCCCN1C(=O)NC1CCC(O)CC1. The minimum Gasteiger partial charge on any atom is -0.480 e. The van der Waals surface area contributed by atoms with E-state index in [0.717, 1.165) is 25.7 Å². The number of carbonyl (C=O) groups is 2. The number of aliphatic hydroxyl groups excluding tert-OH is 1. The first-order valence-electron chi connectivity index (χ1n) is 7.43. The van der Waals surface area contributed by atoms with E-state index in [0.29, 0.717) is 25.8 Å². The summed E-state index contributed by atoms with van der Waals surface area (Å²) in [6, 6.07) is -0.234. The van der Waals surface area contributed by atoms with Gasteiger partial charge in [-0.3, -0.25) is 0 Å². The number of aliphatic carboxylic acids is 1. The molecule has 0 aromatic heterocycles. The maximum absolute atomic E-state index is 12.4. The number of urea groups is 1. The summed E-state index contributed by atoms with van der Waals surface area (Å²) in [6.07, 6.45) is 4.82. The topological polar surface area (TPSA) is 89.9 Å². The first-order chi connectivity index (χ1) is 9.43. The lowest BCUT2D eigenvalue weighted by Gasteiger charge is -2.42. The molecule has 114 valence electrons. The van der Waals surface area contributed by atoms with Crippen LogP contribution in [0.25, 0.3) is 0 Å². The molecule has 2 amide bonds. The van der Waals surface area contributed by atoms with Gasteiger partial charge in [0.2, 0.25) is 0 Å². The number of aliphatic hydroxyl groups is 1. The van der Waals surface area contributed by atoms with Crippen LogP contribution in [0, 0.1) is 0 Å². The van der Waals surface area contributed by atoms with Crippen LogP contribution in [0.1, 0.15) is 51.9 Å². The van der Waals surface area contributed by atoms with Crippen LogP contribution in [-0.2, 0) is 4.79 Å². The number of hydrogen-bond acceptors (Lipinski definition) is 3. The maximum atomic E-state index is 12.4. The molecule has 1 heterocycles. The minimum atomic E-state index is -1.10. The highest BCUT2D eigenvalue weighted by molar-refractivity contribution is 5.86. The number of nitrogens with one attached hydrogen (secondary N) is 1. The zero-order valence-electron chi connectivity index (χ0n) is 12.0. The molecule has 1 saturated carbocycles. The minimum absolute atomic E-state index is 0.0471. The third kappa shape index (κ3) is 3.06. The molecule has 0 aromatic carbocycles. The number of carboxylic acids is 1. The summed E-state index contributed by atoms with van der Waals surface area (Å²) in [5.74, 6) is -0.939. The van der Waals surface area contributed by atoms with Crippen molar-refractivity contribution in [2.75, 3.05) is 6.54 Å². The van der Waals surface area contributed by atoms with Crippen LogP contribution in [0.2, 0.25) is 0 Å². The van der Waals surface area contributed by atoms with E-state index in [-0.39, 0.29) is 18.2 Å². The van der Waals surface area contributed by atoms with Gasteiger partial charge in [-0.05, 0) is 51.9 Å². The quantitative estimate of drug-likeness (QED) is 0.713. The van der Waals surface area contributed by atoms with Crippen LogP contribution < -0.4 is 5.32 Å². The summed E-state index contributed by atoms with van der Waals surface area (Å²) in [6.45, 7) is 2.11. The van der Waals surface area contributed by atoms with Crippen LogP contribution >= 0.6 is 0 Å². The molecule has 2 fully saturated rings. The van der Waals surface area contributed by atoms with Crippen molar-refractivity contribution < 1.29 is 19.8 Å². The van der Waals surface area contributed by atoms with Crippen LogP contribution in [0.4, 0.5) is 4.79 Å². The molecular weight excluding hydrogens is 260 g/mol. The van der Waals surface area contributed by atoms with Crippen molar-refractivity contribution in [3.8, 4) is 0 Å². The highest BCUT2D eigenvalue weighted by Gasteiger charge is 2.44. The largest absolute Gasteiger partial charge is 0.480 e. The molecule has 1 aliphatic heterocycles. The Balaban J connectivity index is 1.98. The highest BCUT2D eigenvalue weighted by atomic mass is 16.4. The summed E-state index contributed by atoms with van der Waals surface area (Å²) in [7, 11) is 0. The van der Waals surface area contributed by atoms with Crippen LogP contribution in [-0.4, -0.2) is 51.3 Å². The van der Waals surface area contributed by atoms with Gasteiger partial charge in [0.15, 0.2) is 0 Å². The van der Waals surface area contributed by atoms with Crippen molar-refractivity contribution in [3.05, 3.63) is 0 Å². The maximum Gasteiger partial charge on any atom is 0.329 e. The van der Waals surface area contributed by atoms with Gasteiger partial charge >= 0.3 is 12.0 Å². The van der Waals surface area contributed by atoms with Crippen molar-refractivity contribution in [1.29, 1.82) is 0 Å². The number of likely N-dealkylation sites (tertiary alicyclic amines) is 1. The van der Waals surface area contributed by atoms with Crippen molar-refractivity contribution in [2.24, 2.45) is 0 Å². The zero-order chi connectivity index (χ0) is 14.8. The van der Waals surface area contributed by atoms with Gasteiger partial charge in [0, 0.05) is 12.6 Å². The molecule has 1 aliphatic carbocycles. The van der Waals surface area contributed by atoms with Crippen LogP contribution in [0.3, 0.4) is 0 Å². The third-order valence-corrected chi connectivity index (χ3v) is 4.62. The molecule has 6 nitrogen and oxygen atoms in total. The molecule has 0 radical (unpaired) electrons. The first-order valence-corrected chi connectivity index (χ1v) is 7.43. The molecule has 6 heteroatoms. The van der Waals surface area contributed by atoms with E-state index >= 15 is 0 Å². The lowest BCUT2D eigenvalue weighted by Crippen LogP contribution is -2.61. The van der Waals surface area contributed by atoms with E-state index in [2.05, 4.69) is 5.32 Å². The van der Waals surface area contributed by atoms with E-state index in [1.807, 2.05) is 0 Å². The molecule has 1 saturated heterocycles. The lowest BCUT2D eigenvalue weighted by molar-refractivity contribution is -0.150. The van der Waals surface area contributed by atoms with Crippen molar-refractivity contribution >= 4 is 12.0 Å². The van der Waals surface area contributed by atoms with Crippen LogP contribution in [0.5, 0.6) is 0 Å². The Morgan fingerprint density at radius 3 is 2.45 bits per heavy atom. The Morgan fingerprint density at radius 2 is 1.85 bits per heavy atom. The number of carbonyl (C=O) groups excluding carboxylic acids is 1. The smallest absolute Gasteiger partial charge is 0.329 e. The predicted octanol–water partition coefficient (Wildman–Crippen LogP) is 1.33. The third-order valence-electron chi connectivity index (χ3n) is 4.62. The van der Waals surface area contributed by atoms with Gasteiger partial charge < -0.3 is 20.4 Å². The average Bonchev–Trinajstić information content (AvgIpc) is 2.41. The zero-order valence-corrected chi connectivity index (χ0v) is 12.0. The van der Waals surface area contributed by atoms with Gasteiger partial charge in [-0.25, -0.2) is 9.59 Å². The molecule has 1 atom stereocenters. The van der Waals surface area contributed by atoms with Crippen molar-refractivity contribution in [2.45, 2.75) is 69.6 Å². The number of nitrogens with zero attached hydrogens (tertiary/aromatic N) is 1. The van der Waals surface area contributed by atoms with E-state index in [1.165, 1.54) is 4.90 Å². The average molecular weight is 284 g/mol. The second-order valence-electron chi connectivity index (χ2n) is 6.14. The number of hydrogen-bond donors (Lipinski definition) is 3. The molecular formula is C14H24N2O4. The summed E-state index contributed by atoms with van der Waals surface area (Å²) in [4.78, 5) is 25.3. The lowest BCUT2D eigenvalue weighted by atomic mass is 9.88. The van der Waals surface area contributed by atoms with Gasteiger partial charge in [-0.1, -0.05) is 0 Å². The van der Waals surface area contributed by atoms with Gasteiger partial charge in [0.1, 0.15) is 5.54 Å². The number of rotatable bonds is 2. The number of amides is 2. The van der Waals surface area contributed by atoms with Crippen molar-refractivity contribution in [1.82, 2.24) is 10.2 Å². The van der Waals surface area contributed by atoms with Gasteiger partial charge in [0.05, 0.1) is 6.10 Å². The summed E-state index contributed by atoms with van der Waals surface area (Å²) >= 11 is 0. The molecule has 3 N–H and O–H groups in total. The second kappa shape index (κ2) is 5.99. The Kier molecular flexibility index (Phi) is 4.52. The highest BCUT2D eigenvalue weighted by Crippen LogP contribution is 2.28. The van der Waals surface area contributed by atoms with E-state index < -0.39 is 11.5 Å². The fraction of sp³-hybridized carbons (Fsp3) is 0.857. The van der Waals surface area contributed by atoms with Crippen LogP contribution in [0.15, 0.2) is 0 Å². The Labute approximate surface area is 119 Å². The molecule has 1 unspecified atom stereocenters. The number of piperidine rings is 1. The van der Waals surface area contributed by atoms with Crippen molar-refractivity contribution in [3.63, 3.8) is 0 Å². The fourth-order valence-corrected chi connectivity index (χ4v) is 3.14. The van der Waals surface area contributed by atoms with E-state index in [9.17, 15) is 19.8 Å². The second-order valence-corrected chi connectivity index (χ2v) is 6.14. The number of carboxylic acid groups (broad SMARTS) is 1. The van der Waals surface area contributed by atoms with E-state index in [4.69, 9.17) is 0 Å². The molecule has 20 heavy (non-hydrogen) atoms. The van der Waals surface area contributed by atoms with Gasteiger partial charge in [-0.2, -0.15) is 0 Å². The molecule has 0 aromatic rings. The first kappa shape index (κ1) is 15.1. The Hall–Kier alpha value is -1.30. The van der Waals surface area contributed by atoms with E-state index in [1.54, 1.807) is 6.92 Å². The van der Waals surface area contributed by atoms with Gasteiger partial charge in [-0.15, -0.1) is 0 Å². The monoisotopic (exact) mass is 284 g/mol. The molecule has 2 aliphatic rings. The molecule has 2 rings (SSSR count). The molecule has 0 bridgehead atoms. The Bertz CT molecular complexity index is 379. The predicted molar refractivity (Wildman–Crippen MR) is 73.4 cm³/mol.